The summed E-state index contributed by atoms with van der Waals surface area (Å²) in [5, 5.41) is 31.5. The van der Waals surface area contributed by atoms with Gasteiger partial charge < -0.3 is 25.8 Å². The fourth-order valence-electron chi connectivity index (χ4n) is 3.98. The first-order valence-electron chi connectivity index (χ1n) is 7.97. The molecule has 0 radical (unpaired) electrons. The Bertz CT molecular complexity index is 801. The highest BCUT2D eigenvalue weighted by atomic mass is 35.5. The fraction of sp³-hybridized carbons (Fsp3) is 0.471. The monoisotopic (exact) mass is 350 g/mol. The molecule has 5 atom stereocenters. The van der Waals surface area contributed by atoms with Crippen LogP contribution in [0.3, 0.4) is 0 Å². The molecule has 2 aromatic rings. The summed E-state index contributed by atoms with van der Waals surface area (Å²) in [7, 11) is 0. The molecule has 0 bridgehead atoms. The summed E-state index contributed by atoms with van der Waals surface area (Å²) in [5.74, 6) is 0.311. The Morgan fingerprint density at radius 3 is 2.92 bits per heavy atom. The highest BCUT2D eigenvalue weighted by Gasteiger charge is 2.60. The Morgan fingerprint density at radius 1 is 1.33 bits per heavy atom. The molecule has 4 rings (SSSR count). The summed E-state index contributed by atoms with van der Waals surface area (Å²) in [6, 6.07) is 7.64. The summed E-state index contributed by atoms with van der Waals surface area (Å²) < 4.78 is 5.41. The van der Waals surface area contributed by atoms with Crippen LogP contribution < -0.4 is 5.73 Å². The predicted octanol–water partition coefficient (Wildman–Crippen LogP) is 1.23. The van der Waals surface area contributed by atoms with Crippen molar-refractivity contribution in [1.29, 1.82) is 0 Å². The zero-order chi connectivity index (χ0) is 17.1. The highest BCUT2D eigenvalue weighted by molar-refractivity contribution is 6.33. The van der Waals surface area contributed by atoms with Gasteiger partial charge in [-0.2, -0.15) is 0 Å². The van der Waals surface area contributed by atoms with Crippen molar-refractivity contribution >= 4 is 28.3 Å². The molecule has 6 nitrogen and oxygen atoms in total. The molecule has 2 aliphatic rings. The second-order valence-electron chi connectivity index (χ2n) is 6.77. The van der Waals surface area contributed by atoms with Crippen LogP contribution in [0.5, 0.6) is 0 Å². The van der Waals surface area contributed by atoms with E-state index in [9.17, 15) is 15.3 Å². The lowest BCUT2D eigenvalue weighted by Gasteiger charge is -2.25. The molecule has 24 heavy (non-hydrogen) atoms. The number of nitrogens with two attached hydrogens (primary N) is 1. The van der Waals surface area contributed by atoms with Crippen molar-refractivity contribution in [1.82, 2.24) is 4.98 Å². The Balaban J connectivity index is 1.60. The number of pyridine rings is 1. The number of aromatic nitrogens is 1. The van der Waals surface area contributed by atoms with E-state index < -0.39 is 24.1 Å². The van der Waals surface area contributed by atoms with Crippen LogP contribution in [-0.4, -0.2) is 44.4 Å². The van der Waals surface area contributed by atoms with Gasteiger partial charge in [-0.25, -0.2) is 4.98 Å². The molecule has 2 fully saturated rings. The maximum atomic E-state index is 10.6. The number of hydrogen-bond donors (Lipinski definition) is 4. The van der Waals surface area contributed by atoms with Crippen LogP contribution in [-0.2, 0) is 11.2 Å². The quantitative estimate of drug-likeness (QED) is 0.648. The molecule has 1 aromatic heterocycles. The molecule has 1 aliphatic heterocycles. The van der Waals surface area contributed by atoms with Crippen LogP contribution >= 0.6 is 11.6 Å². The lowest BCUT2D eigenvalue weighted by molar-refractivity contribution is -0.137. The van der Waals surface area contributed by atoms with E-state index in [4.69, 9.17) is 22.1 Å². The van der Waals surface area contributed by atoms with Gasteiger partial charge in [-0.1, -0.05) is 23.7 Å². The number of nitrogens with zero attached hydrogens (tertiary/aromatic N) is 1. The zero-order valence-corrected chi connectivity index (χ0v) is 13.6. The third-order valence-corrected chi connectivity index (χ3v) is 5.57. The number of ether oxygens (including phenoxy) is 1. The van der Waals surface area contributed by atoms with Crippen LogP contribution in [0.4, 0.5) is 5.82 Å². The van der Waals surface area contributed by atoms with E-state index in [1.807, 2.05) is 18.2 Å². The summed E-state index contributed by atoms with van der Waals surface area (Å²) in [4.78, 5) is 4.30. The third kappa shape index (κ3) is 2.37. The largest absolute Gasteiger partial charge is 0.385 e. The number of anilines is 1. The van der Waals surface area contributed by atoms with Gasteiger partial charge >= 0.3 is 0 Å². The van der Waals surface area contributed by atoms with Crippen molar-refractivity contribution in [2.45, 2.75) is 43.4 Å². The van der Waals surface area contributed by atoms with Crippen LogP contribution in [0.1, 0.15) is 18.4 Å². The minimum atomic E-state index is -1.36. The van der Waals surface area contributed by atoms with Gasteiger partial charge in [0.05, 0.1) is 16.6 Å². The molecule has 5 N–H and O–H groups in total. The van der Waals surface area contributed by atoms with Gasteiger partial charge in [-0.3, -0.25) is 0 Å². The van der Waals surface area contributed by atoms with E-state index in [-0.39, 0.29) is 5.92 Å². The number of aliphatic hydroxyl groups excluding tert-OH is 2. The minimum Gasteiger partial charge on any atom is -0.385 e. The number of halogens is 1. The summed E-state index contributed by atoms with van der Waals surface area (Å²) >= 11 is 5.99. The topological polar surface area (TPSA) is 109 Å². The molecule has 1 saturated heterocycles. The lowest BCUT2D eigenvalue weighted by Crippen LogP contribution is -2.46. The van der Waals surface area contributed by atoms with Crippen molar-refractivity contribution in [3.05, 3.63) is 34.9 Å². The van der Waals surface area contributed by atoms with E-state index in [1.54, 1.807) is 6.07 Å². The Morgan fingerprint density at radius 2 is 2.12 bits per heavy atom. The van der Waals surface area contributed by atoms with E-state index in [0.29, 0.717) is 23.7 Å². The maximum Gasteiger partial charge on any atom is 0.184 e. The molecule has 1 aromatic carbocycles. The van der Waals surface area contributed by atoms with Gasteiger partial charge in [0.15, 0.2) is 6.29 Å². The minimum absolute atomic E-state index is 0.0175. The molecule has 1 saturated carbocycles. The standard InChI is InChI=1S/C17H19ClN2O4/c18-11-7-9-2-1-8(6-12(9)20-15(11)19)5-10-3-4-17(23)13(21)16(22)24-14(10)17/h1-2,6-7,10,13-14,16,21-23H,3-5H2,(H2,19,20)/t10-,13-,14+,16?,17-/m0/s1. The summed E-state index contributed by atoms with van der Waals surface area (Å²) in [6.07, 6.45) is -1.36. The number of benzene rings is 1. The molecular weight excluding hydrogens is 332 g/mol. The fourth-order valence-corrected chi connectivity index (χ4v) is 4.14. The molecule has 1 unspecified atom stereocenters. The van der Waals surface area contributed by atoms with Gasteiger partial charge in [0.25, 0.3) is 0 Å². The van der Waals surface area contributed by atoms with Crippen LogP contribution in [0.2, 0.25) is 5.02 Å². The molecule has 128 valence electrons. The average Bonchev–Trinajstić information content (AvgIpc) is 2.96. The summed E-state index contributed by atoms with van der Waals surface area (Å²) in [5.41, 5.74) is 6.19. The molecule has 0 amide bonds. The molecule has 7 heteroatoms. The molecular formula is C17H19ClN2O4. The van der Waals surface area contributed by atoms with Crippen LogP contribution in [0.25, 0.3) is 10.9 Å². The van der Waals surface area contributed by atoms with Gasteiger partial charge in [0.2, 0.25) is 0 Å². The number of nitrogen functional groups attached to an aromatic ring is 1. The van der Waals surface area contributed by atoms with Gasteiger partial charge in [0, 0.05) is 5.39 Å². The Kier molecular flexibility index (Phi) is 3.71. The van der Waals surface area contributed by atoms with Gasteiger partial charge in [0.1, 0.15) is 17.5 Å². The van der Waals surface area contributed by atoms with Crippen molar-refractivity contribution < 1.29 is 20.1 Å². The second-order valence-corrected chi connectivity index (χ2v) is 7.18. The van der Waals surface area contributed by atoms with Crippen LogP contribution in [0, 0.1) is 5.92 Å². The molecule has 2 heterocycles. The highest BCUT2D eigenvalue weighted by Crippen LogP contribution is 2.46. The second kappa shape index (κ2) is 5.54. The van der Waals surface area contributed by atoms with Crippen LogP contribution in [0.15, 0.2) is 24.3 Å². The molecule has 0 spiro atoms. The van der Waals surface area contributed by atoms with E-state index >= 15 is 0 Å². The zero-order valence-electron chi connectivity index (χ0n) is 12.9. The van der Waals surface area contributed by atoms with E-state index in [1.165, 1.54) is 0 Å². The van der Waals surface area contributed by atoms with Gasteiger partial charge in [-0.05, 0) is 42.9 Å². The van der Waals surface area contributed by atoms with Crippen molar-refractivity contribution in [3.63, 3.8) is 0 Å². The molecule has 1 aliphatic carbocycles. The predicted molar refractivity (Wildman–Crippen MR) is 89.4 cm³/mol. The Labute approximate surface area is 143 Å². The summed E-state index contributed by atoms with van der Waals surface area (Å²) in [6.45, 7) is 0. The normalized spacial score (nSPS) is 35.5. The average molecular weight is 351 g/mol. The van der Waals surface area contributed by atoms with E-state index in [0.717, 1.165) is 22.9 Å². The first-order chi connectivity index (χ1) is 11.4. The van der Waals surface area contributed by atoms with Crippen molar-refractivity contribution in [3.8, 4) is 0 Å². The first kappa shape index (κ1) is 16.1. The number of rotatable bonds is 2. The smallest absolute Gasteiger partial charge is 0.184 e. The number of aliphatic hydroxyl groups is 3. The third-order valence-electron chi connectivity index (χ3n) is 5.27. The maximum absolute atomic E-state index is 10.6. The Hall–Kier alpha value is -1.44. The first-order valence-corrected chi connectivity index (χ1v) is 8.35. The van der Waals surface area contributed by atoms with Gasteiger partial charge in [-0.15, -0.1) is 0 Å². The number of hydrogen-bond acceptors (Lipinski definition) is 6. The lowest BCUT2D eigenvalue weighted by atomic mass is 9.90. The SMILES string of the molecule is Nc1nc2cc(C[C@@H]3CC[C@@]4(O)[C@@H]3OC(O)[C@@H]4O)ccc2cc1Cl. The van der Waals surface area contributed by atoms with Crippen molar-refractivity contribution in [2.24, 2.45) is 5.92 Å². The number of fused-ring (bicyclic) bond motifs is 2. The van der Waals surface area contributed by atoms with Crippen molar-refractivity contribution in [2.75, 3.05) is 5.73 Å². The van der Waals surface area contributed by atoms with E-state index in [2.05, 4.69) is 4.98 Å².